The second kappa shape index (κ2) is 12.2. The second-order valence-corrected chi connectivity index (χ2v) is 8.57. The highest BCUT2D eigenvalue weighted by Gasteiger charge is 2.34. The number of halogens is 2. The summed E-state index contributed by atoms with van der Waals surface area (Å²) in [4.78, 5) is 25.5. The van der Waals surface area contributed by atoms with Crippen LogP contribution >= 0.6 is 11.6 Å². The van der Waals surface area contributed by atoms with Gasteiger partial charge in [-0.25, -0.2) is 4.39 Å². The summed E-state index contributed by atoms with van der Waals surface area (Å²) in [6.07, 6.45) is -0.802. The van der Waals surface area contributed by atoms with Crippen LogP contribution in [0.5, 0.6) is 11.5 Å². The molecule has 0 amide bonds. The molecule has 188 valence electrons. The number of benzene rings is 4. The first-order valence-corrected chi connectivity index (χ1v) is 11.9. The van der Waals surface area contributed by atoms with Gasteiger partial charge in [0.05, 0.1) is 7.11 Å². The molecule has 1 unspecified atom stereocenters. The van der Waals surface area contributed by atoms with Crippen molar-refractivity contribution in [2.45, 2.75) is 18.6 Å². The Morgan fingerprint density at radius 3 is 1.89 bits per heavy atom. The fourth-order valence-corrected chi connectivity index (χ4v) is 4.04. The zero-order valence-corrected chi connectivity index (χ0v) is 20.7. The van der Waals surface area contributed by atoms with E-state index >= 15 is 4.39 Å². The molecule has 4 aromatic carbocycles. The molecule has 0 bridgehead atoms. The average molecular weight is 519 g/mol. The minimum Gasteiger partial charge on any atom is -0.497 e. The first-order chi connectivity index (χ1) is 18.0. The highest BCUT2D eigenvalue weighted by Crippen LogP contribution is 2.32. The Kier molecular flexibility index (Phi) is 8.54. The summed E-state index contributed by atoms with van der Waals surface area (Å²) >= 11 is 5.78. The van der Waals surface area contributed by atoms with Crippen molar-refractivity contribution in [3.05, 3.63) is 131 Å². The molecule has 0 N–H and O–H groups in total. The first-order valence-electron chi connectivity index (χ1n) is 11.5. The molecule has 4 rings (SSSR count). The quantitative estimate of drug-likeness (QED) is 0.134. The molecule has 5 nitrogen and oxygen atoms in total. The SMILES string of the molecule is COc1ccc(COc2ccc(C(C(=O)Cl)C(=O)OC(c3ccccc3)c3ccccc3)c(F)c2)cc1. The van der Waals surface area contributed by atoms with Crippen LogP contribution < -0.4 is 9.47 Å². The highest BCUT2D eigenvalue weighted by atomic mass is 35.5. The van der Waals surface area contributed by atoms with Crippen molar-refractivity contribution in [2.24, 2.45) is 0 Å². The maximum Gasteiger partial charge on any atom is 0.323 e. The van der Waals surface area contributed by atoms with E-state index in [0.29, 0.717) is 16.9 Å². The fourth-order valence-electron chi connectivity index (χ4n) is 3.83. The fraction of sp³-hybridized carbons (Fsp3) is 0.133. The molecule has 0 fully saturated rings. The number of hydrogen-bond donors (Lipinski definition) is 0. The molecule has 0 spiro atoms. The lowest BCUT2D eigenvalue weighted by molar-refractivity contribution is -0.150. The summed E-state index contributed by atoms with van der Waals surface area (Å²) in [6.45, 7) is 0.193. The van der Waals surface area contributed by atoms with Crippen molar-refractivity contribution >= 4 is 22.8 Å². The maximum atomic E-state index is 15.1. The number of ether oxygens (including phenoxy) is 3. The van der Waals surface area contributed by atoms with E-state index in [9.17, 15) is 9.59 Å². The highest BCUT2D eigenvalue weighted by molar-refractivity contribution is 6.66. The lowest BCUT2D eigenvalue weighted by atomic mass is 9.98. The van der Waals surface area contributed by atoms with E-state index in [1.165, 1.54) is 12.1 Å². The molecule has 4 aromatic rings. The summed E-state index contributed by atoms with van der Waals surface area (Å²) < 4.78 is 31.7. The lowest BCUT2D eigenvalue weighted by Gasteiger charge is -2.22. The van der Waals surface area contributed by atoms with Crippen LogP contribution in [0.3, 0.4) is 0 Å². The topological polar surface area (TPSA) is 61.8 Å². The molecular weight excluding hydrogens is 495 g/mol. The number of methoxy groups -OCH3 is 1. The van der Waals surface area contributed by atoms with Gasteiger partial charge in [0.25, 0.3) is 0 Å². The Balaban J connectivity index is 1.53. The summed E-state index contributed by atoms with van der Waals surface area (Å²) in [5.74, 6) is -2.46. The molecule has 0 aliphatic heterocycles. The minimum absolute atomic E-state index is 0.193. The van der Waals surface area contributed by atoms with E-state index in [4.69, 9.17) is 25.8 Å². The van der Waals surface area contributed by atoms with Crippen LogP contribution in [-0.2, 0) is 20.9 Å². The standard InChI is InChI=1S/C30H24ClFO5/c1-35-23-14-12-20(13-15-23)19-36-24-16-17-25(26(32)18-24)27(29(31)33)30(34)37-28(21-8-4-2-5-9-21)22-10-6-3-7-11-22/h2-18,27-28H,19H2,1H3. The molecule has 1 atom stereocenters. The second-order valence-electron chi connectivity index (χ2n) is 8.20. The van der Waals surface area contributed by atoms with E-state index in [1.807, 2.05) is 48.5 Å². The predicted octanol–water partition coefficient (Wildman–Crippen LogP) is 6.60. The third-order valence-electron chi connectivity index (χ3n) is 5.75. The minimum atomic E-state index is -1.65. The van der Waals surface area contributed by atoms with Crippen molar-refractivity contribution in [3.8, 4) is 11.5 Å². The normalized spacial score (nSPS) is 11.6. The maximum absolute atomic E-state index is 15.1. The number of esters is 1. The molecule has 37 heavy (non-hydrogen) atoms. The smallest absolute Gasteiger partial charge is 0.323 e. The molecule has 0 saturated carbocycles. The van der Waals surface area contributed by atoms with Crippen LogP contribution in [0.25, 0.3) is 0 Å². The molecule has 7 heteroatoms. The number of hydrogen-bond acceptors (Lipinski definition) is 5. The van der Waals surface area contributed by atoms with Crippen LogP contribution in [0.4, 0.5) is 4.39 Å². The molecular formula is C30H24ClFO5. The van der Waals surface area contributed by atoms with Crippen LogP contribution in [0, 0.1) is 5.82 Å². The van der Waals surface area contributed by atoms with E-state index in [1.54, 1.807) is 43.5 Å². The van der Waals surface area contributed by atoms with Crippen LogP contribution in [0.2, 0.25) is 0 Å². The average Bonchev–Trinajstić information content (AvgIpc) is 2.93. The van der Waals surface area contributed by atoms with Gasteiger partial charge in [0.2, 0.25) is 5.24 Å². The van der Waals surface area contributed by atoms with Gasteiger partial charge in [-0.3, -0.25) is 9.59 Å². The summed E-state index contributed by atoms with van der Waals surface area (Å²) in [7, 11) is 1.58. The van der Waals surface area contributed by atoms with Crippen molar-refractivity contribution in [1.82, 2.24) is 0 Å². The van der Waals surface area contributed by atoms with E-state index in [2.05, 4.69) is 0 Å². The van der Waals surface area contributed by atoms with Crippen LogP contribution in [0.15, 0.2) is 103 Å². The Morgan fingerprint density at radius 2 is 1.38 bits per heavy atom. The zero-order valence-electron chi connectivity index (χ0n) is 20.0. The molecule has 0 heterocycles. The number of carbonyl (C=O) groups is 2. The van der Waals surface area contributed by atoms with E-state index in [0.717, 1.165) is 11.6 Å². The van der Waals surface area contributed by atoms with Gasteiger partial charge < -0.3 is 14.2 Å². The van der Waals surface area contributed by atoms with Crippen LogP contribution in [0.1, 0.15) is 34.3 Å². The number of rotatable bonds is 10. The van der Waals surface area contributed by atoms with Gasteiger partial charge in [-0.15, -0.1) is 0 Å². The molecule has 0 saturated heterocycles. The number of carbonyl (C=O) groups excluding carboxylic acids is 2. The van der Waals surface area contributed by atoms with E-state index in [-0.39, 0.29) is 17.9 Å². The Bertz CT molecular complexity index is 1300. The lowest BCUT2D eigenvalue weighted by Crippen LogP contribution is -2.24. The Morgan fingerprint density at radius 1 is 0.811 bits per heavy atom. The zero-order chi connectivity index (χ0) is 26.2. The van der Waals surface area contributed by atoms with Crippen molar-refractivity contribution in [1.29, 1.82) is 0 Å². The van der Waals surface area contributed by atoms with Gasteiger partial charge >= 0.3 is 5.97 Å². The molecule has 0 aromatic heterocycles. The first kappa shape index (κ1) is 25.9. The summed E-state index contributed by atoms with van der Waals surface area (Å²) in [5.41, 5.74) is 2.06. The van der Waals surface area contributed by atoms with Crippen LogP contribution in [-0.4, -0.2) is 18.3 Å². The molecule has 0 radical (unpaired) electrons. The van der Waals surface area contributed by atoms with Gasteiger partial charge in [0, 0.05) is 11.6 Å². The predicted molar refractivity (Wildman–Crippen MR) is 138 cm³/mol. The van der Waals surface area contributed by atoms with Crippen molar-refractivity contribution in [2.75, 3.05) is 7.11 Å². The summed E-state index contributed by atoms with van der Waals surface area (Å²) in [5, 5.41) is -1.05. The monoisotopic (exact) mass is 518 g/mol. The molecule has 0 aliphatic rings. The Labute approximate surface area is 219 Å². The van der Waals surface area contributed by atoms with Gasteiger partial charge in [-0.2, -0.15) is 0 Å². The van der Waals surface area contributed by atoms with Crippen molar-refractivity contribution < 1.29 is 28.2 Å². The van der Waals surface area contributed by atoms with Crippen molar-refractivity contribution in [3.63, 3.8) is 0 Å². The van der Waals surface area contributed by atoms with Gasteiger partial charge in [-0.05, 0) is 46.5 Å². The third kappa shape index (κ3) is 6.54. The molecule has 0 aliphatic carbocycles. The largest absolute Gasteiger partial charge is 0.497 e. The van der Waals surface area contributed by atoms with Gasteiger partial charge in [0.1, 0.15) is 23.9 Å². The van der Waals surface area contributed by atoms with E-state index < -0.39 is 29.1 Å². The third-order valence-corrected chi connectivity index (χ3v) is 5.97. The Hall–Kier alpha value is -4.16. The van der Waals surface area contributed by atoms with Gasteiger partial charge in [-0.1, -0.05) is 78.9 Å². The van der Waals surface area contributed by atoms with Gasteiger partial charge in [0.15, 0.2) is 12.0 Å². The summed E-state index contributed by atoms with van der Waals surface area (Å²) in [6, 6.07) is 29.3.